The van der Waals surface area contributed by atoms with Crippen molar-refractivity contribution in [2.75, 3.05) is 13.1 Å². The highest BCUT2D eigenvalue weighted by Crippen LogP contribution is 2.30. The normalized spacial score (nSPS) is 19.3. The number of fused-ring (bicyclic) bond motifs is 1. The van der Waals surface area contributed by atoms with Gasteiger partial charge in [0.2, 0.25) is 0 Å². The first-order valence-electron chi connectivity index (χ1n) is 8.57. The molecule has 28 heavy (non-hydrogen) atoms. The maximum Gasteiger partial charge on any atom is 0.416 e. The van der Waals surface area contributed by atoms with Gasteiger partial charge in [0.05, 0.1) is 17.2 Å². The van der Waals surface area contributed by atoms with Crippen molar-refractivity contribution in [2.45, 2.75) is 18.6 Å². The molecule has 3 amide bonds. The van der Waals surface area contributed by atoms with Crippen molar-refractivity contribution < 1.29 is 27.6 Å². The molecule has 0 radical (unpaired) electrons. The Bertz CT molecular complexity index is 937. The molecule has 9 heteroatoms. The summed E-state index contributed by atoms with van der Waals surface area (Å²) in [6, 6.07) is 6.58. The van der Waals surface area contributed by atoms with E-state index in [4.69, 9.17) is 0 Å². The van der Waals surface area contributed by atoms with Crippen molar-refractivity contribution in [1.82, 2.24) is 14.8 Å². The number of rotatable bonds is 2. The van der Waals surface area contributed by atoms with Crippen molar-refractivity contribution in [2.24, 2.45) is 0 Å². The van der Waals surface area contributed by atoms with Crippen molar-refractivity contribution in [3.05, 3.63) is 65.0 Å². The summed E-state index contributed by atoms with van der Waals surface area (Å²) < 4.78 is 38.0. The Morgan fingerprint density at radius 2 is 1.79 bits per heavy atom. The number of imide groups is 1. The lowest BCUT2D eigenvalue weighted by atomic mass is 10.1. The number of likely N-dealkylation sites (tertiary alicyclic amines) is 1. The summed E-state index contributed by atoms with van der Waals surface area (Å²) in [4.78, 5) is 44.1. The van der Waals surface area contributed by atoms with Gasteiger partial charge < -0.3 is 4.90 Å². The van der Waals surface area contributed by atoms with Crippen molar-refractivity contribution in [3.8, 4) is 0 Å². The van der Waals surface area contributed by atoms with Crippen molar-refractivity contribution >= 4 is 17.7 Å². The molecule has 0 bridgehead atoms. The molecule has 0 aliphatic carbocycles. The van der Waals surface area contributed by atoms with E-state index in [9.17, 15) is 27.6 Å². The van der Waals surface area contributed by atoms with E-state index < -0.39 is 35.5 Å². The number of hydrogen-bond acceptors (Lipinski definition) is 4. The maximum absolute atomic E-state index is 12.7. The van der Waals surface area contributed by atoms with Crippen LogP contribution in [0.25, 0.3) is 0 Å². The SMILES string of the molecule is O=C(c1ccc(C(F)(F)F)cc1)N1CCC(N2C(=O)c3cccnc3C2=O)C1. The van der Waals surface area contributed by atoms with Crippen LogP contribution < -0.4 is 0 Å². The van der Waals surface area contributed by atoms with E-state index in [-0.39, 0.29) is 23.4 Å². The number of aromatic nitrogens is 1. The van der Waals surface area contributed by atoms with Crippen molar-refractivity contribution in [3.63, 3.8) is 0 Å². The summed E-state index contributed by atoms with van der Waals surface area (Å²) in [6.45, 7) is 0.427. The van der Waals surface area contributed by atoms with Crippen LogP contribution in [-0.2, 0) is 6.18 Å². The van der Waals surface area contributed by atoms with Crippen LogP contribution in [0.4, 0.5) is 13.2 Å². The second-order valence-corrected chi connectivity index (χ2v) is 6.65. The fraction of sp³-hybridized carbons (Fsp3) is 0.263. The van der Waals surface area contributed by atoms with Gasteiger partial charge in [-0.25, -0.2) is 0 Å². The molecule has 2 aliphatic rings. The van der Waals surface area contributed by atoms with E-state index in [0.717, 1.165) is 29.2 Å². The van der Waals surface area contributed by atoms with Crippen LogP contribution in [0, 0.1) is 0 Å². The molecule has 6 nitrogen and oxygen atoms in total. The van der Waals surface area contributed by atoms with Gasteiger partial charge in [-0.3, -0.25) is 24.3 Å². The zero-order chi connectivity index (χ0) is 20.1. The lowest BCUT2D eigenvalue weighted by molar-refractivity contribution is -0.137. The third-order valence-electron chi connectivity index (χ3n) is 4.95. The molecular formula is C19H14F3N3O3. The van der Waals surface area contributed by atoms with Crippen LogP contribution in [0.15, 0.2) is 42.6 Å². The number of amides is 3. The molecule has 1 unspecified atom stereocenters. The summed E-state index contributed by atoms with van der Waals surface area (Å²) in [5.74, 6) is -1.37. The van der Waals surface area contributed by atoms with Crippen LogP contribution in [-0.4, -0.2) is 51.6 Å². The monoisotopic (exact) mass is 389 g/mol. The first-order chi connectivity index (χ1) is 13.3. The molecule has 0 spiro atoms. The standard InChI is InChI=1S/C19H14F3N3O3/c20-19(21,22)12-5-3-11(4-6-12)16(26)24-9-7-13(10-24)25-17(27)14-2-1-8-23-15(14)18(25)28/h1-6,8,13H,7,9-10H2. The number of alkyl halides is 3. The smallest absolute Gasteiger partial charge is 0.336 e. The fourth-order valence-corrected chi connectivity index (χ4v) is 3.54. The Balaban J connectivity index is 1.48. The number of benzene rings is 1. The van der Waals surface area contributed by atoms with Gasteiger partial charge in [-0.2, -0.15) is 13.2 Å². The molecule has 3 heterocycles. The first-order valence-corrected chi connectivity index (χ1v) is 8.57. The van der Waals surface area contributed by atoms with Crippen LogP contribution in [0.5, 0.6) is 0 Å². The van der Waals surface area contributed by atoms with E-state index in [1.807, 2.05) is 0 Å². The minimum Gasteiger partial charge on any atom is -0.336 e. The van der Waals surface area contributed by atoms with E-state index in [2.05, 4.69) is 4.98 Å². The average molecular weight is 389 g/mol. The maximum atomic E-state index is 12.7. The molecule has 0 N–H and O–H groups in total. The van der Waals surface area contributed by atoms with Gasteiger partial charge in [0.15, 0.2) is 0 Å². The average Bonchev–Trinajstić information content (AvgIpc) is 3.25. The lowest BCUT2D eigenvalue weighted by Gasteiger charge is -2.22. The summed E-state index contributed by atoms with van der Waals surface area (Å²) in [5.41, 5.74) is -0.375. The number of carbonyl (C=O) groups is 3. The topological polar surface area (TPSA) is 70.6 Å². The Labute approximate surface area is 157 Å². The first kappa shape index (κ1) is 18.1. The molecule has 1 aromatic carbocycles. The second kappa shape index (κ2) is 6.43. The minimum atomic E-state index is -4.47. The molecule has 1 saturated heterocycles. The van der Waals surface area contributed by atoms with Crippen molar-refractivity contribution in [1.29, 1.82) is 0 Å². The zero-order valence-electron chi connectivity index (χ0n) is 14.4. The van der Waals surface area contributed by atoms with E-state index in [1.54, 1.807) is 6.07 Å². The van der Waals surface area contributed by atoms with Gasteiger partial charge in [0.1, 0.15) is 5.69 Å². The Morgan fingerprint density at radius 1 is 1.07 bits per heavy atom. The largest absolute Gasteiger partial charge is 0.416 e. The predicted octanol–water partition coefficient (Wildman–Crippen LogP) is 2.61. The van der Waals surface area contributed by atoms with Gasteiger partial charge in [-0.1, -0.05) is 0 Å². The number of hydrogen-bond donors (Lipinski definition) is 0. The lowest BCUT2D eigenvalue weighted by Crippen LogP contribution is -2.42. The minimum absolute atomic E-state index is 0.0972. The highest BCUT2D eigenvalue weighted by Gasteiger charge is 2.44. The molecule has 1 atom stereocenters. The van der Waals surface area contributed by atoms with Crippen LogP contribution >= 0.6 is 0 Å². The van der Waals surface area contributed by atoms with Crippen LogP contribution in [0.1, 0.15) is 43.2 Å². The number of nitrogens with zero attached hydrogens (tertiary/aromatic N) is 3. The second-order valence-electron chi connectivity index (χ2n) is 6.65. The fourth-order valence-electron chi connectivity index (χ4n) is 3.54. The third kappa shape index (κ3) is 2.92. The molecule has 1 aromatic heterocycles. The van der Waals surface area contributed by atoms with Crippen LogP contribution in [0.3, 0.4) is 0 Å². The summed E-state index contributed by atoms with van der Waals surface area (Å²) in [7, 11) is 0. The zero-order valence-corrected chi connectivity index (χ0v) is 14.4. The summed E-state index contributed by atoms with van der Waals surface area (Å²) in [5, 5.41) is 0. The van der Waals surface area contributed by atoms with Gasteiger partial charge in [-0.15, -0.1) is 0 Å². The Hall–Kier alpha value is -3.23. The Morgan fingerprint density at radius 3 is 2.43 bits per heavy atom. The third-order valence-corrected chi connectivity index (χ3v) is 4.95. The molecular weight excluding hydrogens is 375 g/mol. The molecule has 1 fully saturated rings. The number of carbonyl (C=O) groups excluding carboxylic acids is 3. The highest BCUT2D eigenvalue weighted by atomic mass is 19.4. The highest BCUT2D eigenvalue weighted by molar-refractivity contribution is 6.20. The van der Waals surface area contributed by atoms with E-state index >= 15 is 0 Å². The molecule has 2 aromatic rings. The molecule has 0 saturated carbocycles. The predicted molar refractivity (Wildman–Crippen MR) is 90.5 cm³/mol. The Kier molecular flexibility index (Phi) is 4.17. The summed E-state index contributed by atoms with van der Waals surface area (Å²) in [6.07, 6.45) is -2.64. The summed E-state index contributed by atoms with van der Waals surface area (Å²) >= 11 is 0. The van der Waals surface area contributed by atoms with Crippen LogP contribution in [0.2, 0.25) is 0 Å². The van der Waals surface area contributed by atoms with Gasteiger partial charge in [-0.05, 0) is 42.8 Å². The van der Waals surface area contributed by atoms with Gasteiger partial charge >= 0.3 is 6.18 Å². The molecule has 4 rings (SSSR count). The molecule has 2 aliphatic heterocycles. The van der Waals surface area contributed by atoms with E-state index in [1.165, 1.54) is 17.2 Å². The quantitative estimate of drug-likeness (QED) is 0.741. The van der Waals surface area contributed by atoms with Gasteiger partial charge in [0, 0.05) is 24.8 Å². The number of pyridine rings is 1. The molecule has 144 valence electrons. The van der Waals surface area contributed by atoms with E-state index in [0.29, 0.717) is 13.0 Å². The van der Waals surface area contributed by atoms with Gasteiger partial charge in [0.25, 0.3) is 17.7 Å². The number of halogens is 3.